The van der Waals surface area contributed by atoms with Crippen molar-refractivity contribution in [2.24, 2.45) is 0 Å². The Morgan fingerprint density at radius 1 is 1.37 bits per heavy atom. The monoisotopic (exact) mass is 260 g/mol. The average Bonchev–Trinajstić information content (AvgIpc) is 2.34. The molecule has 19 heavy (non-hydrogen) atoms. The van der Waals surface area contributed by atoms with Crippen LogP contribution >= 0.6 is 0 Å². The summed E-state index contributed by atoms with van der Waals surface area (Å²) in [6.45, 7) is 5.34. The number of aryl methyl sites for hydroxylation is 1. The van der Waals surface area contributed by atoms with Crippen LogP contribution < -0.4 is 4.74 Å². The Kier molecular flexibility index (Phi) is 2.64. The fraction of sp³-hybridized carbons (Fsp3) is 0.400. The van der Waals surface area contributed by atoms with E-state index in [1.165, 1.54) is 6.92 Å². The van der Waals surface area contributed by atoms with Gasteiger partial charge in [0.25, 0.3) is 0 Å². The van der Waals surface area contributed by atoms with Crippen molar-refractivity contribution < 1.29 is 19.0 Å². The SMILES string of the molecule is CC(=O)O[C@@H]1C=C[C@H]2Oc3ccc(C)cc3[C@]1(C)O2. The van der Waals surface area contributed by atoms with Crippen LogP contribution in [0.3, 0.4) is 0 Å². The summed E-state index contributed by atoms with van der Waals surface area (Å²) in [5, 5.41) is 0. The molecule has 3 atom stereocenters. The third-order valence-electron chi connectivity index (χ3n) is 3.55. The van der Waals surface area contributed by atoms with E-state index in [1.807, 2.05) is 38.1 Å². The van der Waals surface area contributed by atoms with Gasteiger partial charge in [0, 0.05) is 12.5 Å². The summed E-state index contributed by atoms with van der Waals surface area (Å²) in [6, 6.07) is 5.94. The van der Waals surface area contributed by atoms with Crippen molar-refractivity contribution in [2.45, 2.75) is 38.8 Å². The molecule has 0 N–H and O–H groups in total. The molecule has 4 nitrogen and oxygen atoms in total. The normalized spacial score (nSPS) is 31.3. The van der Waals surface area contributed by atoms with Gasteiger partial charge in [0.2, 0.25) is 6.29 Å². The van der Waals surface area contributed by atoms with Crippen LogP contribution in [0.1, 0.15) is 25.0 Å². The number of benzene rings is 1. The highest BCUT2D eigenvalue weighted by atomic mass is 16.7. The molecule has 0 saturated carbocycles. The summed E-state index contributed by atoms with van der Waals surface area (Å²) >= 11 is 0. The molecule has 0 fully saturated rings. The predicted molar refractivity (Wildman–Crippen MR) is 68.7 cm³/mol. The Bertz CT molecular complexity index is 563. The predicted octanol–water partition coefficient (Wildman–Crippen LogP) is 2.45. The molecule has 2 bridgehead atoms. The van der Waals surface area contributed by atoms with Gasteiger partial charge in [-0.3, -0.25) is 4.79 Å². The van der Waals surface area contributed by atoms with Crippen LogP contribution in [0.4, 0.5) is 0 Å². The standard InChI is InChI=1S/C15H16O4/c1-9-4-5-12-11(8-9)15(3)13(17-10(2)16)6-7-14(18-12)19-15/h4-8,13-14H,1-3H3/t13-,14+,15+/m1/s1. The zero-order valence-corrected chi connectivity index (χ0v) is 11.2. The maximum Gasteiger partial charge on any atom is 0.303 e. The van der Waals surface area contributed by atoms with E-state index in [1.54, 1.807) is 6.08 Å². The second-order valence-electron chi connectivity index (χ2n) is 5.13. The van der Waals surface area contributed by atoms with Gasteiger partial charge in [-0.2, -0.15) is 0 Å². The van der Waals surface area contributed by atoms with E-state index in [-0.39, 0.29) is 5.97 Å². The van der Waals surface area contributed by atoms with Crippen molar-refractivity contribution in [2.75, 3.05) is 0 Å². The number of ether oxygens (including phenoxy) is 3. The maximum atomic E-state index is 11.3. The summed E-state index contributed by atoms with van der Waals surface area (Å²) in [5.41, 5.74) is 1.33. The molecule has 0 aliphatic carbocycles. The van der Waals surface area contributed by atoms with Crippen molar-refractivity contribution in [3.8, 4) is 5.75 Å². The second kappa shape index (κ2) is 4.10. The molecule has 0 saturated heterocycles. The third kappa shape index (κ3) is 1.92. The number of hydrogen-bond acceptors (Lipinski definition) is 4. The molecule has 0 unspecified atom stereocenters. The van der Waals surface area contributed by atoms with Crippen molar-refractivity contribution >= 4 is 5.97 Å². The van der Waals surface area contributed by atoms with Crippen molar-refractivity contribution in [1.29, 1.82) is 0 Å². The van der Waals surface area contributed by atoms with E-state index < -0.39 is 18.0 Å². The van der Waals surface area contributed by atoms with Crippen molar-refractivity contribution in [1.82, 2.24) is 0 Å². The molecule has 0 spiro atoms. The minimum Gasteiger partial charge on any atom is -0.461 e. The summed E-state index contributed by atoms with van der Waals surface area (Å²) in [6.07, 6.45) is 2.75. The van der Waals surface area contributed by atoms with E-state index in [0.717, 1.165) is 16.9 Å². The van der Waals surface area contributed by atoms with Crippen LogP contribution in [-0.4, -0.2) is 18.4 Å². The van der Waals surface area contributed by atoms with Gasteiger partial charge in [-0.25, -0.2) is 0 Å². The Morgan fingerprint density at radius 3 is 2.89 bits per heavy atom. The maximum absolute atomic E-state index is 11.3. The highest BCUT2D eigenvalue weighted by molar-refractivity contribution is 5.66. The van der Waals surface area contributed by atoms with E-state index in [4.69, 9.17) is 14.2 Å². The summed E-state index contributed by atoms with van der Waals surface area (Å²) in [4.78, 5) is 11.3. The Morgan fingerprint density at radius 2 is 2.16 bits per heavy atom. The smallest absolute Gasteiger partial charge is 0.303 e. The van der Waals surface area contributed by atoms with Crippen LogP contribution in [0, 0.1) is 6.92 Å². The number of hydrogen-bond donors (Lipinski definition) is 0. The van der Waals surface area contributed by atoms with Gasteiger partial charge >= 0.3 is 5.97 Å². The fourth-order valence-electron chi connectivity index (χ4n) is 2.59. The van der Waals surface area contributed by atoms with Crippen LogP contribution in [0.25, 0.3) is 0 Å². The lowest BCUT2D eigenvalue weighted by atomic mass is 9.85. The van der Waals surface area contributed by atoms with E-state index in [2.05, 4.69) is 0 Å². The van der Waals surface area contributed by atoms with E-state index >= 15 is 0 Å². The Hall–Kier alpha value is -1.81. The first kappa shape index (κ1) is 12.2. The zero-order chi connectivity index (χ0) is 13.6. The van der Waals surface area contributed by atoms with Crippen molar-refractivity contribution in [3.63, 3.8) is 0 Å². The third-order valence-corrected chi connectivity index (χ3v) is 3.55. The summed E-state index contributed by atoms with van der Waals surface area (Å²) in [5.74, 6) is 0.462. The lowest BCUT2D eigenvalue weighted by Crippen LogP contribution is -2.50. The summed E-state index contributed by atoms with van der Waals surface area (Å²) in [7, 11) is 0. The second-order valence-corrected chi connectivity index (χ2v) is 5.13. The first-order chi connectivity index (χ1) is 8.99. The molecule has 0 amide bonds. The topological polar surface area (TPSA) is 44.8 Å². The van der Waals surface area contributed by atoms with Gasteiger partial charge in [0.1, 0.15) is 11.4 Å². The molecule has 3 rings (SSSR count). The number of carbonyl (C=O) groups is 1. The molecular weight excluding hydrogens is 244 g/mol. The molecule has 4 heteroatoms. The number of fused-ring (bicyclic) bond motifs is 4. The lowest BCUT2D eigenvalue weighted by molar-refractivity contribution is -0.217. The van der Waals surface area contributed by atoms with E-state index in [0.29, 0.717) is 0 Å². The van der Waals surface area contributed by atoms with Gasteiger partial charge < -0.3 is 14.2 Å². The number of esters is 1. The lowest BCUT2D eigenvalue weighted by Gasteiger charge is -2.45. The number of rotatable bonds is 1. The summed E-state index contributed by atoms with van der Waals surface area (Å²) < 4.78 is 17.0. The first-order valence-electron chi connectivity index (χ1n) is 6.30. The Labute approximate surface area is 112 Å². The first-order valence-corrected chi connectivity index (χ1v) is 6.30. The minimum absolute atomic E-state index is 0.321. The molecular formula is C15H16O4. The van der Waals surface area contributed by atoms with Gasteiger partial charge in [-0.1, -0.05) is 11.6 Å². The van der Waals surface area contributed by atoms with E-state index in [9.17, 15) is 4.79 Å². The fourth-order valence-corrected chi connectivity index (χ4v) is 2.59. The quantitative estimate of drug-likeness (QED) is 0.574. The molecule has 1 aromatic carbocycles. The van der Waals surface area contributed by atoms with Gasteiger partial charge in [0.15, 0.2) is 6.10 Å². The minimum atomic E-state index is -0.704. The molecule has 2 aliphatic rings. The zero-order valence-electron chi connectivity index (χ0n) is 11.2. The molecule has 0 radical (unpaired) electrons. The molecule has 2 aliphatic heterocycles. The van der Waals surface area contributed by atoms with Crippen molar-refractivity contribution in [3.05, 3.63) is 41.5 Å². The average molecular weight is 260 g/mol. The molecule has 0 aromatic heterocycles. The highest BCUT2D eigenvalue weighted by Crippen LogP contribution is 2.45. The van der Waals surface area contributed by atoms with Crippen LogP contribution in [0.5, 0.6) is 5.75 Å². The molecule has 1 aromatic rings. The molecule has 100 valence electrons. The highest BCUT2D eigenvalue weighted by Gasteiger charge is 2.48. The number of carbonyl (C=O) groups excluding carboxylic acids is 1. The Balaban J connectivity index is 2.10. The largest absolute Gasteiger partial charge is 0.461 e. The van der Waals surface area contributed by atoms with Gasteiger partial charge in [-0.15, -0.1) is 0 Å². The van der Waals surface area contributed by atoms with Crippen LogP contribution in [0.15, 0.2) is 30.4 Å². The van der Waals surface area contributed by atoms with Gasteiger partial charge in [0.05, 0.1) is 0 Å². The molecule has 2 heterocycles. The van der Waals surface area contributed by atoms with Gasteiger partial charge in [-0.05, 0) is 38.1 Å². The van der Waals surface area contributed by atoms with Crippen LogP contribution in [-0.2, 0) is 19.9 Å². The van der Waals surface area contributed by atoms with Crippen LogP contribution in [0.2, 0.25) is 0 Å².